The first-order valence-electron chi connectivity index (χ1n) is 11.1. The summed E-state index contributed by atoms with van der Waals surface area (Å²) in [6.45, 7) is 0.253. The van der Waals surface area contributed by atoms with Gasteiger partial charge in [-0.15, -0.1) is 0 Å². The van der Waals surface area contributed by atoms with Gasteiger partial charge in [0.25, 0.3) is 5.91 Å². The Morgan fingerprint density at radius 3 is 2.47 bits per heavy atom. The van der Waals surface area contributed by atoms with Gasteiger partial charge in [0.2, 0.25) is 5.67 Å². The third-order valence-corrected chi connectivity index (χ3v) is 7.38. The fourth-order valence-electron chi connectivity index (χ4n) is 5.44. The first-order chi connectivity index (χ1) is 15.9. The maximum absolute atomic E-state index is 14.7. The van der Waals surface area contributed by atoms with Crippen LogP contribution in [0.3, 0.4) is 0 Å². The molecule has 1 saturated heterocycles. The molecular weight excluding hydrogens is 457 g/mol. The van der Waals surface area contributed by atoms with Crippen LogP contribution in [-0.2, 0) is 28.7 Å². The van der Waals surface area contributed by atoms with Crippen LogP contribution in [0.4, 0.5) is 22.0 Å². The Kier molecular flexibility index (Phi) is 6.23. The van der Waals surface area contributed by atoms with Crippen LogP contribution in [0, 0.1) is 11.7 Å². The fraction of sp³-hybridized carbons (Fsp3) is 0.480. The van der Waals surface area contributed by atoms with Gasteiger partial charge in [-0.1, -0.05) is 30.3 Å². The lowest BCUT2D eigenvalue weighted by atomic mass is 9.62. The minimum absolute atomic E-state index is 0.0786. The van der Waals surface area contributed by atoms with Crippen molar-refractivity contribution in [3.8, 4) is 0 Å². The number of carbonyl (C=O) groups is 1. The van der Waals surface area contributed by atoms with Gasteiger partial charge in [0.15, 0.2) is 6.10 Å². The maximum Gasteiger partial charge on any atom is 0.426 e. The van der Waals surface area contributed by atoms with Crippen molar-refractivity contribution in [2.75, 3.05) is 19.7 Å². The van der Waals surface area contributed by atoms with Crippen LogP contribution in [0.15, 0.2) is 42.5 Å². The van der Waals surface area contributed by atoms with Gasteiger partial charge in [-0.2, -0.15) is 13.2 Å². The highest BCUT2D eigenvalue weighted by molar-refractivity contribution is 5.81. The standard InChI is InChI=1S/C25H26F5NO3/c1-23(27,25(28,29)30)17-6-9-20-16(10-17)4-5-18-12-31(22(34)21(33)13-32)14-24(18,20)11-15-2-7-19(26)8-3-15/h2-3,6-10,18,21,32-33H,4-5,11-14H2,1H3. The molecule has 4 nitrogen and oxygen atoms in total. The van der Waals surface area contributed by atoms with E-state index in [-0.39, 0.29) is 12.5 Å². The summed E-state index contributed by atoms with van der Waals surface area (Å²) in [5.41, 5.74) is -2.60. The summed E-state index contributed by atoms with van der Waals surface area (Å²) in [4.78, 5) is 14.1. The van der Waals surface area contributed by atoms with Crippen molar-refractivity contribution in [3.05, 3.63) is 70.5 Å². The van der Waals surface area contributed by atoms with Crippen LogP contribution in [0.2, 0.25) is 0 Å². The predicted molar refractivity (Wildman–Crippen MR) is 114 cm³/mol. The Labute approximate surface area is 194 Å². The number of halogens is 5. The summed E-state index contributed by atoms with van der Waals surface area (Å²) >= 11 is 0. The van der Waals surface area contributed by atoms with Crippen molar-refractivity contribution in [1.82, 2.24) is 4.90 Å². The molecule has 4 atom stereocenters. The van der Waals surface area contributed by atoms with Gasteiger partial charge in [-0.25, -0.2) is 8.78 Å². The molecule has 4 unspecified atom stereocenters. The van der Waals surface area contributed by atoms with E-state index >= 15 is 0 Å². The largest absolute Gasteiger partial charge is 0.426 e. The van der Waals surface area contributed by atoms with E-state index in [2.05, 4.69) is 0 Å². The number of nitrogens with zero attached hydrogens (tertiary/aromatic N) is 1. The third kappa shape index (κ3) is 4.09. The van der Waals surface area contributed by atoms with Crippen molar-refractivity contribution >= 4 is 5.91 Å². The normalized spacial score (nSPS) is 24.8. The Bertz CT molecular complexity index is 1070. The molecule has 9 heteroatoms. The molecular formula is C25H26F5NO3. The van der Waals surface area contributed by atoms with Crippen LogP contribution in [0.25, 0.3) is 0 Å². The van der Waals surface area contributed by atoms with Crippen molar-refractivity contribution in [2.24, 2.45) is 5.92 Å². The Balaban J connectivity index is 1.79. The topological polar surface area (TPSA) is 60.8 Å². The molecule has 0 aromatic heterocycles. The zero-order chi connectivity index (χ0) is 24.9. The van der Waals surface area contributed by atoms with E-state index in [1.54, 1.807) is 12.1 Å². The van der Waals surface area contributed by atoms with Crippen LogP contribution in [-0.4, -0.2) is 53.0 Å². The number of hydrogen-bond acceptors (Lipinski definition) is 3. The highest BCUT2D eigenvalue weighted by Crippen LogP contribution is 2.50. The lowest BCUT2D eigenvalue weighted by Crippen LogP contribution is -2.44. The van der Waals surface area contributed by atoms with Gasteiger partial charge in [0, 0.05) is 18.5 Å². The fourth-order valence-corrected chi connectivity index (χ4v) is 5.44. The second-order valence-corrected chi connectivity index (χ2v) is 9.48. The van der Waals surface area contributed by atoms with Gasteiger partial charge in [-0.05, 0) is 66.5 Å². The van der Waals surface area contributed by atoms with E-state index in [0.29, 0.717) is 38.3 Å². The summed E-state index contributed by atoms with van der Waals surface area (Å²) in [6, 6.07) is 9.81. The van der Waals surface area contributed by atoms with Crippen LogP contribution in [0.1, 0.15) is 35.6 Å². The summed E-state index contributed by atoms with van der Waals surface area (Å²) in [5.74, 6) is -1.11. The minimum Gasteiger partial charge on any atom is -0.393 e. The van der Waals surface area contributed by atoms with Crippen molar-refractivity contribution in [2.45, 2.75) is 49.6 Å². The quantitative estimate of drug-likeness (QED) is 0.636. The first-order valence-corrected chi connectivity index (χ1v) is 11.1. The van der Waals surface area contributed by atoms with Crippen molar-refractivity contribution < 1.29 is 37.0 Å². The number of aliphatic hydroxyl groups is 2. The van der Waals surface area contributed by atoms with E-state index < -0.39 is 47.3 Å². The summed E-state index contributed by atoms with van der Waals surface area (Å²) in [6.07, 6.45) is -5.29. The van der Waals surface area contributed by atoms with Crippen LogP contribution in [0.5, 0.6) is 0 Å². The number of benzene rings is 2. The lowest BCUT2D eigenvalue weighted by Gasteiger charge is -2.41. The Hall–Kier alpha value is -2.52. The molecule has 0 bridgehead atoms. The summed E-state index contributed by atoms with van der Waals surface area (Å²) in [5, 5.41) is 19.1. The number of amides is 1. The molecule has 2 aliphatic rings. The second kappa shape index (κ2) is 8.61. The average Bonchev–Trinajstić information content (AvgIpc) is 3.18. The number of hydrogen-bond donors (Lipinski definition) is 2. The Morgan fingerprint density at radius 2 is 1.85 bits per heavy atom. The van der Waals surface area contributed by atoms with E-state index in [1.165, 1.54) is 29.2 Å². The number of aliphatic hydroxyl groups excluding tert-OH is 2. The molecule has 1 aliphatic carbocycles. The van der Waals surface area contributed by atoms with Gasteiger partial charge < -0.3 is 15.1 Å². The van der Waals surface area contributed by atoms with E-state index in [4.69, 9.17) is 0 Å². The minimum atomic E-state index is -5.07. The molecule has 1 aliphatic heterocycles. The van der Waals surface area contributed by atoms with Gasteiger partial charge in [0.1, 0.15) is 5.82 Å². The van der Waals surface area contributed by atoms with Crippen molar-refractivity contribution in [3.63, 3.8) is 0 Å². The smallest absolute Gasteiger partial charge is 0.393 e. The van der Waals surface area contributed by atoms with Gasteiger partial charge in [0.05, 0.1) is 6.61 Å². The zero-order valence-corrected chi connectivity index (χ0v) is 18.6. The number of carbonyl (C=O) groups excluding carboxylic acids is 1. The number of rotatable bonds is 5. The lowest BCUT2D eigenvalue weighted by molar-refractivity contribution is -0.228. The molecule has 4 rings (SSSR count). The van der Waals surface area contributed by atoms with Crippen LogP contribution < -0.4 is 0 Å². The predicted octanol–water partition coefficient (Wildman–Crippen LogP) is 3.81. The third-order valence-electron chi connectivity index (χ3n) is 7.38. The van der Waals surface area contributed by atoms with E-state index in [0.717, 1.165) is 17.2 Å². The number of likely N-dealkylation sites (tertiary alicyclic amines) is 1. The summed E-state index contributed by atoms with van der Waals surface area (Å²) in [7, 11) is 0. The summed E-state index contributed by atoms with van der Waals surface area (Å²) < 4.78 is 68.1. The van der Waals surface area contributed by atoms with Gasteiger partial charge >= 0.3 is 6.18 Å². The number of aryl methyl sites for hydroxylation is 1. The molecule has 0 spiro atoms. The molecule has 1 heterocycles. The zero-order valence-electron chi connectivity index (χ0n) is 18.6. The second-order valence-electron chi connectivity index (χ2n) is 9.48. The van der Waals surface area contributed by atoms with E-state index in [9.17, 15) is 37.0 Å². The van der Waals surface area contributed by atoms with Gasteiger partial charge in [-0.3, -0.25) is 4.79 Å². The molecule has 1 amide bonds. The maximum atomic E-state index is 14.7. The molecule has 2 aromatic rings. The average molecular weight is 483 g/mol. The first kappa shape index (κ1) is 24.6. The highest BCUT2D eigenvalue weighted by atomic mass is 19.4. The highest BCUT2D eigenvalue weighted by Gasteiger charge is 2.55. The SMILES string of the molecule is CC(F)(c1ccc2c(c1)CCC1CN(C(=O)C(O)CO)CC21Cc1ccc(F)cc1)C(F)(F)F. The molecule has 0 saturated carbocycles. The van der Waals surface area contributed by atoms with Crippen LogP contribution >= 0.6 is 0 Å². The monoisotopic (exact) mass is 483 g/mol. The van der Waals surface area contributed by atoms with Crippen molar-refractivity contribution in [1.29, 1.82) is 0 Å². The van der Waals surface area contributed by atoms with E-state index in [1.807, 2.05) is 0 Å². The number of fused-ring (bicyclic) bond motifs is 3. The Morgan fingerprint density at radius 1 is 1.18 bits per heavy atom. The molecule has 2 N–H and O–H groups in total. The number of alkyl halides is 4. The molecule has 2 aromatic carbocycles. The molecule has 1 fully saturated rings. The molecule has 34 heavy (non-hydrogen) atoms. The molecule has 0 radical (unpaired) electrons. The molecule has 184 valence electrons.